The Bertz CT molecular complexity index is 646. The lowest BCUT2D eigenvalue weighted by atomic mass is 10.2. The molecule has 110 valence electrons. The van der Waals surface area contributed by atoms with E-state index in [1.165, 1.54) is 0 Å². The zero-order valence-corrected chi connectivity index (χ0v) is 14.5. The quantitative estimate of drug-likeness (QED) is 0.770. The zero-order valence-electron chi connectivity index (χ0n) is 11.4. The van der Waals surface area contributed by atoms with Crippen molar-refractivity contribution < 1.29 is 9.47 Å². The highest BCUT2D eigenvalue weighted by Gasteiger charge is 2.15. The molecule has 0 radical (unpaired) electrons. The topological polar surface area (TPSA) is 30.5 Å². The van der Waals surface area contributed by atoms with Gasteiger partial charge in [0, 0.05) is 23.1 Å². The lowest BCUT2D eigenvalue weighted by Gasteiger charge is -2.13. The van der Waals surface area contributed by atoms with Crippen LogP contribution in [-0.2, 0) is 6.54 Å². The first-order chi connectivity index (χ1) is 10.2. The Labute approximate surface area is 140 Å². The van der Waals surface area contributed by atoms with Gasteiger partial charge in [0.1, 0.15) is 0 Å². The molecule has 3 nitrogen and oxygen atoms in total. The second kappa shape index (κ2) is 6.71. The minimum atomic E-state index is 0.696. The van der Waals surface area contributed by atoms with Gasteiger partial charge >= 0.3 is 0 Å². The van der Waals surface area contributed by atoms with Crippen molar-refractivity contribution in [2.75, 3.05) is 18.5 Å². The zero-order chi connectivity index (χ0) is 14.7. The molecule has 0 saturated heterocycles. The maximum Gasteiger partial charge on any atom is 0.175 e. The molecule has 1 N–H and O–H groups in total. The van der Waals surface area contributed by atoms with E-state index in [1.807, 2.05) is 24.3 Å². The van der Waals surface area contributed by atoms with Gasteiger partial charge in [0.25, 0.3) is 0 Å². The van der Waals surface area contributed by atoms with Crippen molar-refractivity contribution in [3.63, 3.8) is 0 Å². The van der Waals surface area contributed by atoms with E-state index < -0.39 is 0 Å². The lowest BCUT2D eigenvalue weighted by Crippen LogP contribution is -2.01. The number of nitrogens with one attached hydrogen (secondary N) is 1. The third-order valence-corrected chi connectivity index (χ3v) is 4.27. The van der Waals surface area contributed by atoms with Crippen molar-refractivity contribution in [1.29, 1.82) is 0 Å². The first-order valence-electron chi connectivity index (χ1n) is 6.80. The highest BCUT2D eigenvalue weighted by atomic mass is 79.9. The van der Waals surface area contributed by atoms with Crippen LogP contribution in [0.2, 0.25) is 0 Å². The fraction of sp³-hybridized carbons (Fsp3) is 0.250. The molecule has 1 aliphatic heterocycles. The second-order valence-corrected chi connectivity index (χ2v) is 6.59. The number of hydrogen-bond acceptors (Lipinski definition) is 3. The maximum atomic E-state index is 5.75. The highest BCUT2D eigenvalue weighted by Crippen LogP contribution is 2.38. The predicted octanol–water partition coefficient (Wildman–Crippen LogP) is 4.99. The summed E-state index contributed by atoms with van der Waals surface area (Å²) in [7, 11) is 0. The molecule has 0 aromatic heterocycles. The fourth-order valence-corrected chi connectivity index (χ4v) is 3.19. The second-order valence-electron chi connectivity index (χ2n) is 4.82. The van der Waals surface area contributed by atoms with Gasteiger partial charge < -0.3 is 14.8 Å². The molecule has 2 aromatic rings. The van der Waals surface area contributed by atoms with Gasteiger partial charge in [-0.1, -0.05) is 22.0 Å². The number of ether oxygens (including phenoxy) is 2. The summed E-state index contributed by atoms with van der Waals surface area (Å²) >= 11 is 7.04. The number of hydrogen-bond donors (Lipinski definition) is 1. The van der Waals surface area contributed by atoms with Gasteiger partial charge in [0.2, 0.25) is 0 Å². The summed E-state index contributed by atoms with van der Waals surface area (Å²) in [4.78, 5) is 0. The summed E-state index contributed by atoms with van der Waals surface area (Å²) < 4.78 is 13.5. The van der Waals surface area contributed by atoms with E-state index in [4.69, 9.17) is 9.47 Å². The Morgan fingerprint density at radius 1 is 1.05 bits per heavy atom. The van der Waals surface area contributed by atoms with Gasteiger partial charge in [-0.15, -0.1) is 0 Å². The van der Waals surface area contributed by atoms with Crippen molar-refractivity contribution in [2.45, 2.75) is 13.0 Å². The summed E-state index contributed by atoms with van der Waals surface area (Å²) in [5.41, 5.74) is 2.22. The minimum Gasteiger partial charge on any atom is -0.490 e. The number of anilines is 1. The highest BCUT2D eigenvalue weighted by molar-refractivity contribution is 9.10. The van der Waals surface area contributed by atoms with E-state index >= 15 is 0 Å². The van der Waals surface area contributed by atoms with Crippen molar-refractivity contribution in [3.05, 3.63) is 50.9 Å². The Hall–Kier alpha value is -1.20. The van der Waals surface area contributed by atoms with Crippen LogP contribution in [0.3, 0.4) is 0 Å². The molecule has 2 aromatic carbocycles. The number of benzene rings is 2. The average Bonchev–Trinajstić information content (AvgIpc) is 2.71. The smallest absolute Gasteiger partial charge is 0.175 e. The number of fused-ring (bicyclic) bond motifs is 1. The molecular weight excluding hydrogens is 398 g/mol. The summed E-state index contributed by atoms with van der Waals surface area (Å²) in [6.45, 7) is 2.12. The number of halogens is 2. The first kappa shape index (κ1) is 14.7. The molecule has 0 saturated carbocycles. The Morgan fingerprint density at radius 2 is 1.90 bits per heavy atom. The van der Waals surface area contributed by atoms with Gasteiger partial charge in [0.05, 0.1) is 17.7 Å². The van der Waals surface area contributed by atoms with Gasteiger partial charge in [0.15, 0.2) is 11.5 Å². The molecule has 0 amide bonds. The van der Waals surface area contributed by atoms with Crippen LogP contribution in [0.15, 0.2) is 45.3 Å². The molecule has 3 rings (SSSR count). The van der Waals surface area contributed by atoms with Crippen molar-refractivity contribution in [2.24, 2.45) is 0 Å². The molecule has 0 spiro atoms. The van der Waals surface area contributed by atoms with E-state index in [9.17, 15) is 0 Å². The van der Waals surface area contributed by atoms with Crippen LogP contribution in [0.25, 0.3) is 0 Å². The lowest BCUT2D eigenvalue weighted by molar-refractivity contribution is 0.296. The molecule has 21 heavy (non-hydrogen) atoms. The summed E-state index contributed by atoms with van der Waals surface area (Å²) in [6, 6.07) is 12.2. The summed E-state index contributed by atoms with van der Waals surface area (Å²) in [6.07, 6.45) is 0.909. The maximum absolute atomic E-state index is 5.75. The Kier molecular flexibility index (Phi) is 4.70. The summed E-state index contributed by atoms with van der Waals surface area (Å²) in [5.74, 6) is 1.62. The molecule has 1 heterocycles. The van der Waals surface area contributed by atoms with E-state index in [1.54, 1.807) is 0 Å². The minimum absolute atomic E-state index is 0.696. The SMILES string of the molecule is Brc1cccc(NCc2cc(Br)c3c(c2)OCCCO3)c1. The van der Waals surface area contributed by atoms with Gasteiger partial charge in [-0.2, -0.15) is 0 Å². The van der Waals surface area contributed by atoms with Crippen LogP contribution in [0, 0.1) is 0 Å². The standard InChI is InChI=1S/C16H15Br2NO2/c17-12-3-1-4-13(9-12)19-10-11-7-14(18)16-15(8-11)20-5-2-6-21-16/h1,3-4,7-9,19H,2,5-6,10H2. The molecule has 0 unspecified atom stereocenters. The van der Waals surface area contributed by atoms with Gasteiger partial charge in [-0.3, -0.25) is 0 Å². The third kappa shape index (κ3) is 3.71. The third-order valence-electron chi connectivity index (χ3n) is 3.18. The van der Waals surface area contributed by atoms with Crippen LogP contribution in [-0.4, -0.2) is 13.2 Å². The average molecular weight is 413 g/mol. The largest absolute Gasteiger partial charge is 0.490 e. The number of rotatable bonds is 3. The molecule has 0 aliphatic carbocycles. The van der Waals surface area contributed by atoms with Crippen LogP contribution >= 0.6 is 31.9 Å². The van der Waals surface area contributed by atoms with Gasteiger partial charge in [-0.25, -0.2) is 0 Å². The van der Waals surface area contributed by atoms with Crippen LogP contribution in [0.5, 0.6) is 11.5 Å². The molecule has 0 fully saturated rings. The molecule has 0 bridgehead atoms. The fourth-order valence-electron chi connectivity index (χ4n) is 2.19. The van der Waals surface area contributed by atoms with Crippen LogP contribution < -0.4 is 14.8 Å². The predicted molar refractivity (Wildman–Crippen MR) is 91.2 cm³/mol. The van der Waals surface area contributed by atoms with Crippen molar-refractivity contribution in [1.82, 2.24) is 0 Å². The van der Waals surface area contributed by atoms with Crippen molar-refractivity contribution >= 4 is 37.5 Å². The van der Waals surface area contributed by atoms with Gasteiger partial charge in [-0.05, 0) is 51.8 Å². The Balaban J connectivity index is 1.77. The molecule has 0 atom stereocenters. The summed E-state index contributed by atoms with van der Waals surface area (Å²) in [5, 5.41) is 3.40. The van der Waals surface area contributed by atoms with Crippen molar-refractivity contribution in [3.8, 4) is 11.5 Å². The molecular formula is C16H15Br2NO2. The van der Waals surface area contributed by atoms with E-state index in [0.29, 0.717) is 13.2 Å². The normalized spacial score (nSPS) is 13.6. The molecule has 1 aliphatic rings. The van der Waals surface area contributed by atoms with E-state index in [-0.39, 0.29) is 0 Å². The molecule has 5 heteroatoms. The van der Waals surface area contributed by atoms with E-state index in [2.05, 4.69) is 49.3 Å². The van der Waals surface area contributed by atoms with E-state index in [0.717, 1.165) is 44.7 Å². The van der Waals surface area contributed by atoms with Crippen LogP contribution in [0.1, 0.15) is 12.0 Å². The monoisotopic (exact) mass is 411 g/mol. The Morgan fingerprint density at radius 3 is 2.76 bits per heavy atom. The first-order valence-corrected chi connectivity index (χ1v) is 8.38. The van der Waals surface area contributed by atoms with Crippen LogP contribution in [0.4, 0.5) is 5.69 Å².